The van der Waals surface area contributed by atoms with E-state index in [2.05, 4.69) is 0 Å². The molecule has 6 heteroatoms. The summed E-state index contributed by atoms with van der Waals surface area (Å²) in [7, 11) is 1.47. The van der Waals surface area contributed by atoms with Crippen LogP contribution in [-0.2, 0) is 14.1 Å². The first-order valence-electron chi connectivity index (χ1n) is 6.29. The molecule has 0 saturated carbocycles. The SMILES string of the molecule is CN1C(=O)CSc2ccc(B3OCC(C)(C)O3)cc21. The van der Waals surface area contributed by atoms with Crippen LogP contribution in [0.5, 0.6) is 0 Å². The Morgan fingerprint density at radius 1 is 1.42 bits per heavy atom. The van der Waals surface area contributed by atoms with Crippen molar-refractivity contribution in [1.29, 1.82) is 0 Å². The normalized spacial score (nSPS) is 21.7. The Kier molecular flexibility index (Phi) is 3.11. The second-order valence-corrected chi connectivity index (χ2v) is 6.51. The van der Waals surface area contributed by atoms with E-state index in [4.69, 9.17) is 9.31 Å². The Morgan fingerprint density at radius 2 is 2.21 bits per heavy atom. The number of nitrogens with zero attached hydrogens (tertiary/aromatic N) is 1. The van der Waals surface area contributed by atoms with Gasteiger partial charge < -0.3 is 14.2 Å². The van der Waals surface area contributed by atoms with Gasteiger partial charge in [-0.2, -0.15) is 0 Å². The fourth-order valence-electron chi connectivity index (χ4n) is 2.23. The van der Waals surface area contributed by atoms with Gasteiger partial charge >= 0.3 is 7.12 Å². The Balaban J connectivity index is 1.91. The highest BCUT2D eigenvalue weighted by Crippen LogP contribution is 2.34. The first-order chi connectivity index (χ1) is 8.96. The van der Waals surface area contributed by atoms with E-state index < -0.39 is 0 Å². The van der Waals surface area contributed by atoms with Crippen LogP contribution in [0.1, 0.15) is 13.8 Å². The maximum atomic E-state index is 11.7. The third kappa shape index (κ3) is 2.40. The topological polar surface area (TPSA) is 38.8 Å². The molecule has 0 atom stereocenters. The highest BCUT2D eigenvalue weighted by molar-refractivity contribution is 8.00. The number of carbonyl (C=O) groups is 1. The average molecular weight is 277 g/mol. The fourth-order valence-corrected chi connectivity index (χ4v) is 3.21. The second kappa shape index (κ2) is 4.54. The van der Waals surface area contributed by atoms with Crippen LogP contribution in [0.25, 0.3) is 0 Å². The van der Waals surface area contributed by atoms with Crippen molar-refractivity contribution in [2.45, 2.75) is 24.3 Å². The van der Waals surface area contributed by atoms with Crippen LogP contribution in [0.4, 0.5) is 5.69 Å². The highest BCUT2D eigenvalue weighted by Gasteiger charge is 2.38. The lowest BCUT2D eigenvalue weighted by Crippen LogP contribution is -2.37. The molecular weight excluding hydrogens is 261 g/mol. The van der Waals surface area contributed by atoms with Crippen molar-refractivity contribution in [1.82, 2.24) is 0 Å². The molecule has 2 heterocycles. The fraction of sp³-hybridized carbons (Fsp3) is 0.462. The number of rotatable bonds is 1. The lowest BCUT2D eigenvalue weighted by atomic mass is 9.79. The van der Waals surface area contributed by atoms with Gasteiger partial charge in [-0.15, -0.1) is 11.8 Å². The van der Waals surface area contributed by atoms with Gasteiger partial charge in [0.05, 0.1) is 23.6 Å². The molecular formula is C13H16BNO3S. The van der Waals surface area contributed by atoms with E-state index in [1.807, 2.05) is 39.1 Å². The molecule has 2 aliphatic rings. The third-order valence-electron chi connectivity index (χ3n) is 3.35. The van der Waals surface area contributed by atoms with Crippen molar-refractivity contribution < 1.29 is 14.1 Å². The van der Waals surface area contributed by atoms with Crippen molar-refractivity contribution >= 4 is 35.9 Å². The average Bonchev–Trinajstić information content (AvgIpc) is 2.74. The van der Waals surface area contributed by atoms with Gasteiger partial charge in [0, 0.05) is 11.9 Å². The molecule has 1 aromatic rings. The van der Waals surface area contributed by atoms with Gasteiger partial charge in [-0.05, 0) is 31.4 Å². The number of thioether (sulfide) groups is 1. The molecule has 1 aromatic carbocycles. The first kappa shape index (κ1) is 13.0. The van der Waals surface area contributed by atoms with Gasteiger partial charge in [0.1, 0.15) is 0 Å². The zero-order valence-electron chi connectivity index (χ0n) is 11.3. The zero-order chi connectivity index (χ0) is 13.6. The van der Waals surface area contributed by atoms with Crippen LogP contribution in [0.2, 0.25) is 0 Å². The number of fused-ring (bicyclic) bond motifs is 1. The lowest BCUT2D eigenvalue weighted by Gasteiger charge is -2.26. The zero-order valence-corrected chi connectivity index (χ0v) is 12.1. The third-order valence-corrected chi connectivity index (χ3v) is 4.40. The van der Waals surface area contributed by atoms with Crippen molar-refractivity contribution in [2.75, 3.05) is 24.3 Å². The summed E-state index contributed by atoms with van der Waals surface area (Å²) < 4.78 is 11.5. The van der Waals surface area contributed by atoms with Crippen LogP contribution in [-0.4, -0.2) is 38.0 Å². The van der Waals surface area contributed by atoms with E-state index in [0.29, 0.717) is 12.4 Å². The molecule has 0 unspecified atom stereocenters. The molecule has 1 amide bonds. The Bertz CT molecular complexity index is 535. The van der Waals surface area contributed by atoms with Crippen LogP contribution >= 0.6 is 11.8 Å². The number of amides is 1. The van der Waals surface area contributed by atoms with Crippen LogP contribution < -0.4 is 10.4 Å². The number of benzene rings is 1. The quantitative estimate of drug-likeness (QED) is 0.725. The predicted molar refractivity (Wildman–Crippen MR) is 77.1 cm³/mol. The summed E-state index contributed by atoms with van der Waals surface area (Å²) >= 11 is 1.58. The number of hydrogen-bond acceptors (Lipinski definition) is 4. The van der Waals surface area contributed by atoms with Gasteiger partial charge in [-0.3, -0.25) is 4.79 Å². The first-order valence-corrected chi connectivity index (χ1v) is 7.27. The monoisotopic (exact) mass is 277 g/mol. The summed E-state index contributed by atoms with van der Waals surface area (Å²) in [5.74, 6) is 0.634. The summed E-state index contributed by atoms with van der Waals surface area (Å²) in [6.07, 6.45) is 0. The highest BCUT2D eigenvalue weighted by atomic mass is 32.2. The van der Waals surface area contributed by atoms with Crippen molar-refractivity contribution in [3.05, 3.63) is 18.2 Å². The molecule has 0 bridgehead atoms. The summed E-state index contributed by atoms with van der Waals surface area (Å²) in [5, 5.41) is 0. The van der Waals surface area contributed by atoms with Crippen molar-refractivity contribution in [3.8, 4) is 0 Å². The second-order valence-electron chi connectivity index (χ2n) is 5.49. The van der Waals surface area contributed by atoms with Gasteiger partial charge in [-0.25, -0.2) is 0 Å². The van der Waals surface area contributed by atoms with Crippen LogP contribution in [0, 0.1) is 0 Å². The van der Waals surface area contributed by atoms with Crippen molar-refractivity contribution in [3.63, 3.8) is 0 Å². The molecule has 0 radical (unpaired) electrons. The molecule has 19 heavy (non-hydrogen) atoms. The molecule has 1 fully saturated rings. The Labute approximate surface area is 117 Å². The minimum Gasteiger partial charge on any atom is -0.404 e. The molecule has 0 spiro atoms. The van der Waals surface area contributed by atoms with E-state index in [-0.39, 0.29) is 18.6 Å². The minimum absolute atomic E-state index is 0.128. The predicted octanol–water partition coefficient (Wildman–Crippen LogP) is 1.28. The molecule has 0 aliphatic carbocycles. The smallest absolute Gasteiger partial charge is 0.404 e. The number of anilines is 1. The van der Waals surface area contributed by atoms with Crippen LogP contribution in [0.3, 0.4) is 0 Å². The molecule has 100 valence electrons. The van der Waals surface area contributed by atoms with E-state index >= 15 is 0 Å². The number of carbonyl (C=O) groups excluding carboxylic acids is 1. The molecule has 4 nitrogen and oxygen atoms in total. The summed E-state index contributed by atoms with van der Waals surface area (Å²) in [4.78, 5) is 14.6. The van der Waals surface area contributed by atoms with E-state index in [0.717, 1.165) is 16.0 Å². The molecule has 0 aromatic heterocycles. The standard InChI is InChI=1S/C13H16BNO3S/c1-13(2)8-17-14(18-13)9-4-5-11-10(6-9)15(3)12(16)7-19-11/h4-6H,7-8H2,1-3H3. The Hall–Kier alpha value is -0.975. The summed E-state index contributed by atoms with van der Waals surface area (Å²) in [6.45, 7) is 4.60. The van der Waals surface area contributed by atoms with Gasteiger partial charge in [-0.1, -0.05) is 6.07 Å². The van der Waals surface area contributed by atoms with E-state index in [1.54, 1.807) is 16.7 Å². The molecule has 0 N–H and O–H groups in total. The molecule has 1 saturated heterocycles. The van der Waals surface area contributed by atoms with Crippen LogP contribution in [0.15, 0.2) is 23.1 Å². The Morgan fingerprint density at radius 3 is 2.89 bits per heavy atom. The largest absolute Gasteiger partial charge is 0.494 e. The van der Waals surface area contributed by atoms with Gasteiger partial charge in [0.25, 0.3) is 0 Å². The lowest BCUT2D eigenvalue weighted by molar-refractivity contribution is -0.116. The molecule has 3 rings (SSSR count). The van der Waals surface area contributed by atoms with E-state index in [9.17, 15) is 4.79 Å². The van der Waals surface area contributed by atoms with E-state index in [1.165, 1.54) is 0 Å². The summed E-state index contributed by atoms with van der Waals surface area (Å²) in [6, 6.07) is 6.04. The minimum atomic E-state index is -0.337. The maximum absolute atomic E-state index is 11.7. The van der Waals surface area contributed by atoms with Gasteiger partial charge in [0.15, 0.2) is 0 Å². The van der Waals surface area contributed by atoms with Crippen molar-refractivity contribution in [2.24, 2.45) is 0 Å². The van der Waals surface area contributed by atoms with Gasteiger partial charge in [0.2, 0.25) is 5.91 Å². The number of hydrogen-bond donors (Lipinski definition) is 0. The molecule has 2 aliphatic heterocycles. The summed E-state index contributed by atoms with van der Waals surface area (Å²) in [5.41, 5.74) is 1.65. The maximum Gasteiger partial charge on any atom is 0.494 e.